The maximum atomic E-state index is 16.8. The summed E-state index contributed by atoms with van der Waals surface area (Å²) in [6.07, 6.45) is 9.90. The van der Waals surface area contributed by atoms with Crippen LogP contribution in [0.4, 0.5) is 4.39 Å². The van der Waals surface area contributed by atoms with E-state index >= 15 is 4.39 Å². The lowest BCUT2D eigenvalue weighted by Crippen LogP contribution is -2.73. The number of likely N-dealkylation sites (tertiary alicyclic amines) is 1. The van der Waals surface area contributed by atoms with Crippen molar-refractivity contribution in [1.29, 1.82) is 0 Å². The van der Waals surface area contributed by atoms with E-state index in [4.69, 9.17) is 9.47 Å². The Balaban J connectivity index is 0.986. The predicted molar refractivity (Wildman–Crippen MR) is 199 cm³/mol. The first-order valence-corrected chi connectivity index (χ1v) is 21.0. The Labute approximate surface area is 315 Å². The molecule has 11 unspecified atom stereocenters. The van der Waals surface area contributed by atoms with Crippen LogP contribution in [0.3, 0.4) is 0 Å². The van der Waals surface area contributed by atoms with Crippen LogP contribution < -0.4 is 10.6 Å². The molecule has 2 N–H and O–H groups in total. The van der Waals surface area contributed by atoms with E-state index in [9.17, 15) is 14.4 Å². The molecule has 2 amide bonds. The van der Waals surface area contributed by atoms with Crippen molar-refractivity contribution in [3.05, 3.63) is 11.8 Å². The van der Waals surface area contributed by atoms with Crippen LogP contribution in [0.5, 0.6) is 0 Å². The number of carbonyl (C=O) groups excluding carboxylic acids is 3. The van der Waals surface area contributed by atoms with Gasteiger partial charge in [-0.05, 0) is 90.9 Å². The molecule has 5 aliphatic heterocycles. The van der Waals surface area contributed by atoms with Crippen LogP contribution in [0.25, 0.3) is 0 Å². The van der Waals surface area contributed by atoms with E-state index in [0.29, 0.717) is 44.0 Å². The summed E-state index contributed by atoms with van der Waals surface area (Å²) in [5.74, 6) is -0.223. The molecule has 4 saturated heterocycles. The number of hydrogen-bond donors (Lipinski definition) is 2. The number of likely N-dealkylation sites (N-methyl/N-ethyl adjacent to an activating group) is 1. The Morgan fingerprint density at radius 3 is 2.55 bits per heavy atom. The highest BCUT2D eigenvalue weighted by Crippen LogP contribution is 2.53. The molecule has 53 heavy (non-hydrogen) atoms. The fourth-order valence-corrected chi connectivity index (χ4v) is 11.5. The molecule has 0 spiro atoms. The molecule has 3 aliphatic carbocycles. The third-order valence-corrected chi connectivity index (χ3v) is 14.2. The molecule has 12 nitrogen and oxygen atoms in total. The summed E-state index contributed by atoms with van der Waals surface area (Å²) < 4.78 is 30.7. The van der Waals surface area contributed by atoms with Crippen LogP contribution in [0.1, 0.15) is 70.6 Å². The normalized spacial score (nSPS) is 40.3. The highest BCUT2D eigenvalue weighted by Gasteiger charge is 2.62. The summed E-state index contributed by atoms with van der Waals surface area (Å²) in [5.41, 5.74) is 0.160. The number of unbranched alkanes of at least 4 members (excludes halogenated alkanes) is 1. The molecule has 3 saturated carbocycles. The molecule has 8 aliphatic rings. The van der Waals surface area contributed by atoms with Crippen LogP contribution in [0.2, 0.25) is 0 Å². The lowest BCUT2D eigenvalue weighted by atomic mass is 9.67. The Bertz CT molecular complexity index is 1380. The van der Waals surface area contributed by atoms with Crippen molar-refractivity contribution in [2.24, 2.45) is 17.8 Å². The average molecular weight is 742 g/mol. The second-order valence-corrected chi connectivity index (χ2v) is 17.9. The number of piperazine rings is 1. The molecule has 8 rings (SSSR count). The fourth-order valence-electron chi connectivity index (χ4n) is 11.5. The van der Waals surface area contributed by atoms with Gasteiger partial charge in [0.1, 0.15) is 6.17 Å². The maximum absolute atomic E-state index is 16.8. The van der Waals surface area contributed by atoms with Crippen LogP contribution in [-0.2, 0) is 23.9 Å². The number of rotatable bonds is 11. The van der Waals surface area contributed by atoms with Gasteiger partial charge in [-0.1, -0.05) is 12.8 Å². The molecule has 7 fully saturated rings. The molecule has 0 aromatic heterocycles. The number of Topliss-reactive ketones (excluding diaryl/α,β-unsaturated/α-hetero) is 1. The summed E-state index contributed by atoms with van der Waals surface area (Å²) in [7, 11) is 6.20. The number of morpholine rings is 1. The number of nitrogens with one attached hydrogen (secondary N) is 2. The first kappa shape index (κ1) is 37.7. The summed E-state index contributed by atoms with van der Waals surface area (Å²) in [4.78, 5) is 52.1. The van der Waals surface area contributed by atoms with Crippen LogP contribution >= 0.6 is 0 Å². The second kappa shape index (κ2) is 16.1. The molecule has 0 bridgehead atoms. The van der Waals surface area contributed by atoms with Crippen molar-refractivity contribution in [2.45, 2.75) is 125 Å². The Morgan fingerprint density at radius 2 is 1.74 bits per heavy atom. The standard InChI is InChI=1S/C40H64FN7O5/c1-44(2)13-7-6-12-42-40(51)29-24-48-31-22-33-27(26-8-4-5-9-32(26)52-33)21-34(31)53-39-36(48)28(38(29)50)20-30(41)37(39)47-15-10-25(23-47)43-35(49)11-14-46-18-16-45(3)17-19-46/h24-28,30-34,36-37,39H,4-23H2,1-3H3,(H,42,51)(H,43,49)/t25-,26?,27?,28?,30?,31?,32?,33?,34?,36?,37?,39?/m1/s1. The van der Waals surface area contributed by atoms with E-state index < -0.39 is 24.2 Å². The van der Waals surface area contributed by atoms with Crippen LogP contribution in [0, 0.1) is 17.8 Å². The number of amides is 2. The summed E-state index contributed by atoms with van der Waals surface area (Å²) in [6.45, 7) is 7.47. The molecule has 5 heterocycles. The van der Waals surface area contributed by atoms with Crippen molar-refractivity contribution in [3.63, 3.8) is 0 Å². The maximum Gasteiger partial charge on any atom is 0.256 e. The van der Waals surface area contributed by atoms with Crippen LogP contribution in [0.15, 0.2) is 11.8 Å². The van der Waals surface area contributed by atoms with Crippen molar-refractivity contribution < 1.29 is 28.2 Å². The number of nitrogens with zero attached hydrogens (tertiary/aromatic N) is 5. The van der Waals surface area contributed by atoms with E-state index in [1.807, 2.05) is 20.3 Å². The molecule has 0 aromatic rings. The molecular weight excluding hydrogens is 677 g/mol. The van der Waals surface area contributed by atoms with Gasteiger partial charge in [0.25, 0.3) is 5.91 Å². The Morgan fingerprint density at radius 1 is 0.925 bits per heavy atom. The van der Waals surface area contributed by atoms with Gasteiger partial charge in [0.15, 0.2) is 5.78 Å². The monoisotopic (exact) mass is 741 g/mol. The summed E-state index contributed by atoms with van der Waals surface area (Å²) in [6, 6.07) is -0.920. The number of carbonyl (C=O) groups is 3. The van der Waals surface area contributed by atoms with E-state index in [0.717, 1.165) is 77.8 Å². The number of alkyl halides is 1. The van der Waals surface area contributed by atoms with Gasteiger partial charge in [-0.15, -0.1) is 0 Å². The Kier molecular flexibility index (Phi) is 11.5. The zero-order valence-electron chi connectivity index (χ0n) is 32.3. The van der Waals surface area contributed by atoms with E-state index in [2.05, 4.69) is 42.2 Å². The number of ether oxygens (including phenoxy) is 2. The van der Waals surface area contributed by atoms with Crippen molar-refractivity contribution in [2.75, 3.05) is 80.0 Å². The topological polar surface area (TPSA) is 110 Å². The van der Waals surface area contributed by atoms with E-state index in [-0.39, 0.29) is 59.9 Å². The van der Waals surface area contributed by atoms with Crippen molar-refractivity contribution in [1.82, 2.24) is 35.1 Å². The highest BCUT2D eigenvalue weighted by atomic mass is 19.1. The molecule has 0 aromatic carbocycles. The molecule has 296 valence electrons. The number of ketones is 1. The van der Waals surface area contributed by atoms with Crippen molar-refractivity contribution >= 4 is 17.6 Å². The fraction of sp³-hybridized carbons (Fsp3) is 0.875. The summed E-state index contributed by atoms with van der Waals surface area (Å²) in [5, 5.41) is 6.27. The number of hydrogen-bond acceptors (Lipinski definition) is 10. The third kappa shape index (κ3) is 7.81. The quantitative estimate of drug-likeness (QED) is 0.240. The van der Waals surface area contributed by atoms with Crippen LogP contribution in [-0.4, -0.2) is 177 Å². The van der Waals surface area contributed by atoms with Gasteiger partial charge < -0.3 is 39.7 Å². The minimum Gasteiger partial charge on any atom is -0.374 e. The van der Waals surface area contributed by atoms with E-state index in [1.54, 1.807) is 0 Å². The first-order valence-electron chi connectivity index (χ1n) is 21.0. The van der Waals surface area contributed by atoms with Gasteiger partial charge in [-0.2, -0.15) is 0 Å². The van der Waals surface area contributed by atoms with Crippen molar-refractivity contribution in [3.8, 4) is 0 Å². The van der Waals surface area contributed by atoms with Gasteiger partial charge in [0.2, 0.25) is 5.91 Å². The van der Waals surface area contributed by atoms with Gasteiger partial charge >= 0.3 is 0 Å². The van der Waals surface area contributed by atoms with Gasteiger partial charge in [-0.3, -0.25) is 19.3 Å². The number of halogens is 1. The third-order valence-electron chi connectivity index (χ3n) is 14.2. The smallest absolute Gasteiger partial charge is 0.256 e. The molecule has 12 atom stereocenters. The lowest BCUT2D eigenvalue weighted by Gasteiger charge is -2.61. The predicted octanol–water partition coefficient (Wildman–Crippen LogP) is 1.64. The van der Waals surface area contributed by atoms with Gasteiger partial charge in [-0.25, -0.2) is 4.39 Å². The molecular formula is C40H64FN7O5. The van der Waals surface area contributed by atoms with Gasteiger partial charge in [0, 0.05) is 76.9 Å². The Hall–Kier alpha value is -2.16. The number of fused-ring (bicyclic) bond motifs is 5. The minimum absolute atomic E-state index is 0.0288. The lowest BCUT2D eigenvalue weighted by molar-refractivity contribution is -0.220. The minimum atomic E-state index is -1.28. The zero-order chi connectivity index (χ0) is 36.8. The second-order valence-electron chi connectivity index (χ2n) is 17.9. The summed E-state index contributed by atoms with van der Waals surface area (Å²) >= 11 is 0. The molecule has 0 radical (unpaired) electrons. The average Bonchev–Trinajstić information content (AvgIpc) is 3.75. The molecule has 13 heteroatoms. The highest BCUT2D eigenvalue weighted by molar-refractivity contribution is 6.20. The first-order chi connectivity index (χ1) is 25.6. The SMILES string of the molecule is CN(C)CCCCNC(=O)C1=CN2C3CC4OC5CCCCC5C4CC3OC3C(N4CC[C@@H](NC(=O)CCN5CCN(C)CC5)C4)C(F)CC(C1=O)C32. The zero-order valence-corrected chi connectivity index (χ0v) is 32.3. The van der Waals surface area contributed by atoms with Gasteiger partial charge in [0.05, 0.1) is 48.1 Å². The largest absolute Gasteiger partial charge is 0.374 e. The van der Waals surface area contributed by atoms with E-state index in [1.165, 1.54) is 19.3 Å².